The Kier molecular flexibility index (Phi) is 9.58. The van der Waals surface area contributed by atoms with Crippen molar-refractivity contribution in [1.29, 1.82) is 0 Å². The van der Waals surface area contributed by atoms with Gasteiger partial charge in [-0.1, -0.05) is 56.2 Å². The number of nitrogens with two attached hydrogens (primary N) is 1. The molecule has 0 aromatic heterocycles. The van der Waals surface area contributed by atoms with E-state index in [4.69, 9.17) is 24.7 Å². The lowest BCUT2D eigenvalue weighted by molar-refractivity contribution is -0.134. The highest BCUT2D eigenvalue weighted by Crippen LogP contribution is 2.46. The van der Waals surface area contributed by atoms with Crippen LogP contribution in [0.1, 0.15) is 60.9 Å². The number of nitrogens with zero attached hydrogens (tertiary/aromatic N) is 1. The number of unbranched alkanes of at least 4 members (excludes halogenated alkanes) is 1. The smallest absolute Gasteiger partial charge is 0.242 e. The van der Waals surface area contributed by atoms with E-state index in [-0.39, 0.29) is 11.9 Å². The average Bonchev–Trinajstić information content (AvgIpc) is 3.16. The molecule has 2 N–H and O–H groups in total. The van der Waals surface area contributed by atoms with Gasteiger partial charge in [-0.3, -0.25) is 9.69 Å². The third-order valence-corrected chi connectivity index (χ3v) is 8.14. The van der Waals surface area contributed by atoms with Crippen molar-refractivity contribution in [3.63, 3.8) is 0 Å². The van der Waals surface area contributed by atoms with Gasteiger partial charge in [0, 0.05) is 12.6 Å². The van der Waals surface area contributed by atoms with Gasteiger partial charge >= 0.3 is 0 Å². The number of fused-ring (bicyclic) bond motifs is 1. The molecule has 1 aliphatic rings. The second kappa shape index (κ2) is 13.1. The lowest BCUT2D eigenvalue weighted by Crippen LogP contribution is -2.56. The second-order valence-corrected chi connectivity index (χ2v) is 10.3. The first kappa shape index (κ1) is 29.3. The lowest BCUT2D eigenvalue weighted by atomic mass is 9.79. The van der Waals surface area contributed by atoms with E-state index >= 15 is 0 Å². The molecule has 0 fully saturated rings. The quantitative estimate of drug-likeness (QED) is 0.308. The Labute approximate surface area is 238 Å². The SMILES string of the molecule is CCCCC(C(N)=O)(c1ccccc1)N1CCCc2cc(OC)c(OC)cc2C1Cc1ccc(OC)c(OC)c1. The van der Waals surface area contributed by atoms with Crippen LogP contribution in [0.25, 0.3) is 0 Å². The van der Waals surface area contributed by atoms with Gasteiger partial charge in [-0.05, 0) is 72.2 Å². The summed E-state index contributed by atoms with van der Waals surface area (Å²) in [7, 11) is 6.59. The number of primary amides is 1. The second-order valence-electron chi connectivity index (χ2n) is 10.3. The highest BCUT2D eigenvalue weighted by atomic mass is 16.5. The summed E-state index contributed by atoms with van der Waals surface area (Å²) in [5.41, 5.74) is 9.74. The Hall–Kier alpha value is -3.71. The molecular weight excluding hydrogens is 504 g/mol. The van der Waals surface area contributed by atoms with Crippen LogP contribution in [0.2, 0.25) is 0 Å². The molecule has 3 aromatic carbocycles. The van der Waals surface area contributed by atoms with Gasteiger partial charge in [0.25, 0.3) is 0 Å². The molecule has 0 aliphatic carbocycles. The summed E-state index contributed by atoms with van der Waals surface area (Å²) in [6, 6.07) is 20.0. The molecule has 4 rings (SSSR count). The number of rotatable bonds is 12. The highest BCUT2D eigenvalue weighted by molar-refractivity contribution is 5.86. The maximum atomic E-state index is 13.8. The Morgan fingerprint density at radius 1 is 0.900 bits per heavy atom. The van der Waals surface area contributed by atoms with Crippen molar-refractivity contribution in [2.45, 2.75) is 57.0 Å². The van der Waals surface area contributed by atoms with Gasteiger partial charge in [0.1, 0.15) is 5.54 Å². The number of benzene rings is 3. The standard InChI is InChI=1S/C33H42N2O5/c1-6-7-17-33(32(34)36,25-13-9-8-10-14-25)35-18-11-12-24-21-30(39-4)31(40-5)22-26(24)27(35)19-23-15-16-28(37-2)29(20-23)38-3/h8-10,13-16,20-22,27H,6-7,11-12,17-19H2,1-5H3,(H2,34,36). The molecule has 1 aliphatic heterocycles. The molecular formula is C33H42N2O5. The predicted octanol–water partition coefficient (Wildman–Crippen LogP) is 5.82. The van der Waals surface area contributed by atoms with Gasteiger partial charge in [-0.25, -0.2) is 0 Å². The van der Waals surface area contributed by atoms with Gasteiger partial charge in [-0.2, -0.15) is 0 Å². The third kappa shape index (κ3) is 5.61. The minimum Gasteiger partial charge on any atom is -0.493 e. The Bertz CT molecular complexity index is 1300. The number of aryl methyl sites for hydroxylation is 1. The highest BCUT2D eigenvalue weighted by Gasteiger charge is 2.47. The minimum atomic E-state index is -0.979. The van der Waals surface area contributed by atoms with Crippen molar-refractivity contribution in [2.24, 2.45) is 5.73 Å². The monoisotopic (exact) mass is 546 g/mol. The maximum absolute atomic E-state index is 13.8. The fourth-order valence-electron chi connectivity index (χ4n) is 6.14. The van der Waals surface area contributed by atoms with Gasteiger partial charge in [0.05, 0.1) is 28.4 Å². The minimum absolute atomic E-state index is 0.167. The van der Waals surface area contributed by atoms with Gasteiger partial charge in [0.2, 0.25) is 5.91 Å². The first-order valence-corrected chi connectivity index (χ1v) is 14.0. The zero-order valence-electron chi connectivity index (χ0n) is 24.4. The number of hydrogen-bond acceptors (Lipinski definition) is 6. The van der Waals surface area contributed by atoms with Crippen molar-refractivity contribution in [2.75, 3.05) is 35.0 Å². The van der Waals surface area contributed by atoms with Gasteiger partial charge < -0.3 is 24.7 Å². The van der Waals surface area contributed by atoms with Crippen LogP contribution >= 0.6 is 0 Å². The number of hydrogen-bond donors (Lipinski definition) is 1. The molecule has 1 amide bonds. The fourth-order valence-corrected chi connectivity index (χ4v) is 6.14. The van der Waals surface area contributed by atoms with Crippen molar-refractivity contribution < 1.29 is 23.7 Å². The Balaban J connectivity index is 1.96. The molecule has 40 heavy (non-hydrogen) atoms. The summed E-state index contributed by atoms with van der Waals surface area (Å²) in [4.78, 5) is 16.1. The topological polar surface area (TPSA) is 83.3 Å². The molecule has 214 valence electrons. The van der Waals surface area contributed by atoms with Crippen LogP contribution in [0.4, 0.5) is 0 Å². The number of ether oxygens (including phenoxy) is 4. The van der Waals surface area contributed by atoms with Crippen molar-refractivity contribution in [3.05, 3.63) is 82.9 Å². The summed E-state index contributed by atoms with van der Waals surface area (Å²) in [6.07, 6.45) is 4.82. The van der Waals surface area contributed by atoms with E-state index in [9.17, 15) is 4.79 Å². The fraction of sp³-hybridized carbons (Fsp3) is 0.424. The van der Waals surface area contributed by atoms with Crippen LogP contribution < -0.4 is 24.7 Å². The van der Waals surface area contributed by atoms with E-state index in [0.717, 1.165) is 42.4 Å². The van der Waals surface area contributed by atoms with E-state index in [0.29, 0.717) is 42.4 Å². The van der Waals surface area contributed by atoms with Crippen LogP contribution in [0, 0.1) is 0 Å². The molecule has 2 atom stereocenters. The molecule has 0 radical (unpaired) electrons. The average molecular weight is 547 g/mol. The Morgan fingerprint density at radius 2 is 1.55 bits per heavy atom. The summed E-state index contributed by atoms with van der Waals surface area (Å²) < 4.78 is 22.5. The number of methoxy groups -OCH3 is 4. The van der Waals surface area contributed by atoms with E-state index in [2.05, 4.69) is 30.0 Å². The molecule has 7 heteroatoms. The van der Waals surface area contributed by atoms with Crippen molar-refractivity contribution in [3.8, 4) is 23.0 Å². The predicted molar refractivity (Wildman–Crippen MR) is 157 cm³/mol. The van der Waals surface area contributed by atoms with Crippen LogP contribution in [0.3, 0.4) is 0 Å². The molecule has 7 nitrogen and oxygen atoms in total. The summed E-state index contributed by atoms with van der Waals surface area (Å²) in [6.45, 7) is 2.85. The Morgan fingerprint density at radius 3 is 2.17 bits per heavy atom. The molecule has 0 spiro atoms. The normalized spacial score (nSPS) is 16.8. The molecule has 0 saturated carbocycles. The third-order valence-electron chi connectivity index (χ3n) is 8.14. The van der Waals surface area contributed by atoms with E-state index < -0.39 is 5.54 Å². The summed E-state index contributed by atoms with van der Waals surface area (Å²) in [5, 5.41) is 0. The van der Waals surface area contributed by atoms with E-state index in [1.807, 2.05) is 42.5 Å². The van der Waals surface area contributed by atoms with E-state index in [1.54, 1.807) is 28.4 Å². The zero-order chi connectivity index (χ0) is 28.7. The van der Waals surface area contributed by atoms with Crippen LogP contribution in [0.15, 0.2) is 60.7 Å². The van der Waals surface area contributed by atoms with Gasteiger partial charge in [-0.15, -0.1) is 0 Å². The largest absolute Gasteiger partial charge is 0.493 e. The molecule has 1 heterocycles. The first-order chi connectivity index (χ1) is 19.4. The van der Waals surface area contributed by atoms with Crippen molar-refractivity contribution >= 4 is 5.91 Å². The lowest BCUT2D eigenvalue weighted by Gasteiger charge is -2.46. The summed E-state index contributed by atoms with van der Waals surface area (Å²) in [5.74, 6) is 2.39. The molecule has 2 unspecified atom stereocenters. The van der Waals surface area contributed by atoms with Gasteiger partial charge in [0.15, 0.2) is 23.0 Å². The molecule has 0 bridgehead atoms. The zero-order valence-corrected chi connectivity index (χ0v) is 24.4. The molecule has 3 aromatic rings. The number of carbonyl (C=O) groups is 1. The number of amides is 1. The van der Waals surface area contributed by atoms with Crippen LogP contribution in [-0.2, 0) is 23.2 Å². The maximum Gasteiger partial charge on any atom is 0.242 e. The summed E-state index contributed by atoms with van der Waals surface area (Å²) >= 11 is 0. The van der Waals surface area contributed by atoms with E-state index in [1.165, 1.54) is 5.56 Å². The first-order valence-electron chi connectivity index (χ1n) is 14.0. The molecule has 0 saturated heterocycles. The van der Waals surface area contributed by atoms with Crippen molar-refractivity contribution in [1.82, 2.24) is 4.90 Å². The van der Waals surface area contributed by atoms with Crippen LogP contribution in [0.5, 0.6) is 23.0 Å². The number of carbonyl (C=O) groups excluding carboxylic acids is 1. The van der Waals surface area contributed by atoms with Crippen LogP contribution in [-0.4, -0.2) is 45.8 Å².